The van der Waals surface area contributed by atoms with Gasteiger partial charge in [-0.05, 0) is 25.2 Å². The highest BCUT2D eigenvalue weighted by Gasteiger charge is 2.07. The van der Waals surface area contributed by atoms with Crippen molar-refractivity contribution in [3.05, 3.63) is 29.6 Å². The third-order valence-corrected chi connectivity index (χ3v) is 2.11. The van der Waals surface area contributed by atoms with Crippen LogP contribution in [-0.2, 0) is 11.3 Å². The Hall–Kier alpha value is -2.13. The van der Waals surface area contributed by atoms with Crippen LogP contribution >= 0.6 is 0 Å². The van der Waals surface area contributed by atoms with Gasteiger partial charge in [-0.3, -0.25) is 4.79 Å². The highest BCUT2D eigenvalue weighted by atomic mass is 19.1. The predicted octanol–water partition coefficient (Wildman–Crippen LogP) is 0.564. The summed E-state index contributed by atoms with van der Waals surface area (Å²) in [5.41, 5.74) is 0.630. The van der Waals surface area contributed by atoms with E-state index < -0.39 is 5.91 Å². The minimum atomic E-state index is -0.392. The van der Waals surface area contributed by atoms with E-state index in [1.54, 1.807) is 13.1 Å². The van der Waals surface area contributed by atoms with E-state index in [1.807, 2.05) is 0 Å². The fourth-order valence-electron chi connectivity index (χ4n) is 1.35. The van der Waals surface area contributed by atoms with E-state index in [0.717, 1.165) is 0 Å². The smallest absolute Gasteiger partial charge is 0.258 e. The summed E-state index contributed by atoms with van der Waals surface area (Å²) >= 11 is 0. The number of hydrogen-bond acceptors (Lipinski definition) is 4. The molecule has 0 bridgehead atoms. The van der Waals surface area contributed by atoms with Gasteiger partial charge in [-0.25, -0.2) is 4.39 Å². The molecule has 0 aliphatic rings. The molecule has 96 valence electrons. The molecule has 1 aromatic carbocycles. The first-order valence-corrected chi connectivity index (χ1v) is 5.37. The summed E-state index contributed by atoms with van der Waals surface area (Å²) < 4.78 is 18.3. The van der Waals surface area contributed by atoms with Gasteiger partial charge in [-0.1, -0.05) is 0 Å². The summed E-state index contributed by atoms with van der Waals surface area (Å²) in [6.45, 7) is 0.173. The summed E-state index contributed by atoms with van der Waals surface area (Å²) in [7, 11) is 1.73. The van der Waals surface area contributed by atoms with Crippen molar-refractivity contribution in [3.63, 3.8) is 0 Å². The maximum atomic E-state index is 13.0. The zero-order valence-electron chi connectivity index (χ0n) is 10.00. The van der Waals surface area contributed by atoms with Crippen molar-refractivity contribution < 1.29 is 13.9 Å². The van der Waals surface area contributed by atoms with Crippen LogP contribution in [0.25, 0.3) is 0 Å². The Morgan fingerprint density at radius 3 is 3.00 bits per heavy atom. The van der Waals surface area contributed by atoms with Gasteiger partial charge in [0.05, 0.1) is 6.07 Å². The topological polar surface area (TPSA) is 74.2 Å². The fourth-order valence-corrected chi connectivity index (χ4v) is 1.35. The molecule has 2 N–H and O–H groups in total. The van der Waals surface area contributed by atoms with Crippen molar-refractivity contribution in [1.82, 2.24) is 10.6 Å². The molecule has 1 rings (SSSR count). The van der Waals surface area contributed by atoms with E-state index in [4.69, 9.17) is 10.00 Å². The summed E-state index contributed by atoms with van der Waals surface area (Å²) in [6, 6.07) is 5.87. The molecular formula is C12H14FN3O2. The first kappa shape index (κ1) is 13.9. The van der Waals surface area contributed by atoms with Crippen LogP contribution in [-0.4, -0.2) is 26.1 Å². The lowest BCUT2D eigenvalue weighted by atomic mass is 10.2. The van der Waals surface area contributed by atoms with Gasteiger partial charge in [0.25, 0.3) is 5.91 Å². The molecule has 0 spiro atoms. The third-order valence-electron chi connectivity index (χ3n) is 2.11. The van der Waals surface area contributed by atoms with Crippen molar-refractivity contribution in [1.29, 1.82) is 5.26 Å². The zero-order valence-corrected chi connectivity index (χ0v) is 10.00. The summed E-state index contributed by atoms with van der Waals surface area (Å²) in [6.07, 6.45) is 0. The van der Waals surface area contributed by atoms with Crippen LogP contribution in [0.2, 0.25) is 0 Å². The molecule has 0 aliphatic carbocycles. The lowest BCUT2D eigenvalue weighted by Gasteiger charge is -2.11. The van der Waals surface area contributed by atoms with Crippen LogP contribution in [0.5, 0.6) is 5.75 Å². The van der Waals surface area contributed by atoms with Crippen molar-refractivity contribution in [2.75, 3.05) is 20.2 Å². The number of carbonyl (C=O) groups is 1. The Labute approximate surface area is 105 Å². The second-order valence-corrected chi connectivity index (χ2v) is 3.51. The van der Waals surface area contributed by atoms with Crippen LogP contribution < -0.4 is 15.4 Å². The maximum Gasteiger partial charge on any atom is 0.258 e. The molecule has 0 unspecified atom stereocenters. The van der Waals surface area contributed by atoms with E-state index in [0.29, 0.717) is 17.9 Å². The number of hydrogen-bond donors (Lipinski definition) is 2. The predicted molar refractivity (Wildman–Crippen MR) is 63.3 cm³/mol. The molecule has 18 heavy (non-hydrogen) atoms. The number of nitrogens with zero attached hydrogens (tertiary/aromatic N) is 1. The molecule has 0 aliphatic heterocycles. The molecular weight excluding hydrogens is 237 g/mol. The second kappa shape index (κ2) is 7.25. The molecule has 0 heterocycles. The largest absolute Gasteiger partial charge is 0.483 e. The second-order valence-electron chi connectivity index (χ2n) is 3.51. The minimum absolute atomic E-state index is 0.0605. The maximum absolute atomic E-state index is 13.0. The lowest BCUT2D eigenvalue weighted by Crippen LogP contribution is -2.29. The average molecular weight is 251 g/mol. The molecule has 0 fully saturated rings. The van der Waals surface area contributed by atoms with Gasteiger partial charge in [-0.2, -0.15) is 5.26 Å². The summed E-state index contributed by atoms with van der Waals surface area (Å²) in [5, 5.41) is 13.5. The number of ether oxygens (including phenoxy) is 1. The van der Waals surface area contributed by atoms with E-state index in [2.05, 4.69) is 10.6 Å². The molecule has 5 nitrogen and oxygen atoms in total. The highest BCUT2D eigenvalue weighted by molar-refractivity contribution is 5.77. The van der Waals surface area contributed by atoms with Crippen LogP contribution in [0.4, 0.5) is 4.39 Å². The van der Waals surface area contributed by atoms with Crippen molar-refractivity contribution in [2.45, 2.75) is 6.54 Å². The molecule has 0 radical (unpaired) electrons. The minimum Gasteiger partial charge on any atom is -0.483 e. The molecule has 0 aromatic heterocycles. The normalized spacial score (nSPS) is 9.61. The van der Waals surface area contributed by atoms with Gasteiger partial charge >= 0.3 is 0 Å². The first-order chi connectivity index (χ1) is 8.67. The molecule has 0 saturated carbocycles. The first-order valence-electron chi connectivity index (χ1n) is 5.37. The average Bonchev–Trinajstić information content (AvgIpc) is 2.36. The Kier molecular flexibility index (Phi) is 5.61. The number of rotatable bonds is 6. The van der Waals surface area contributed by atoms with Crippen molar-refractivity contribution in [3.8, 4) is 11.8 Å². The Bertz CT molecular complexity index is 457. The zero-order chi connectivity index (χ0) is 13.4. The van der Waals surface area contributed by atoms with Gasteiger partial charge in [0, 0.05) is 12.1 Å². The van der Waals surface area contributed by atoms with Crippen LogP contribution in [0, 0.1) is 17.1 Å². The van der Waals surface area contributed by atoms with Gasteiger partial charge < -0.3 is 15.4 Å². The van der Waals surface area contributed by atoms with Gasteiger partial charge in [0.15, 0.2) is 6.61 Å². The quantitative estimate of drug-likeness (QED) is 0.725. The molecule has 1 aromatic rings. The Balaban J connectivity index is 2.61. The SMILES string of the molecule is CNCc1cc(F)ccc1OCC(=O)NCC#N. The van der Waals surface area contributed by atoms with E-state index in [1.165, 1.54) is 18.2 Å². The fraction of sp³-hybridized carbons (Fsp3) is 0.333. The number of amides is 1. The monoisotopic (exact) mass is 251 g/mol. The Morgan fingerprint density at radius 2 is 2.33 bits per heavy atom. The van der Waals surface area contributed by atoms with Gasteiger partial charge in [0.1, 0.15) is 18.1 Å². The van der Waals surface area contributed by atoms with E-state index >= 15 is 0 Å². The third kappa shape index (κ3) is 4.39. The summed E-state index contributed by atoms with van der Waals surface area (Å²) in [4.78, 5) is 11.2. The number of carbonyl (C=O) groups excluding carboxylic acids is 1. The van der Waals surface area contributed by atoms with Gasteiger partial charge in [0.2, 0.25) is 0 Å². The summed E-state index contributed by atoms with van der Waals surface area (Å²) in [5.74, 6) is -0.310. The van der Waals surface area contributed by atoms with E-state index in [9.17, 15) is 9.18 Å². The van der Waals surface area contributed by atoms with Gasteiger partial charge in [-0.15, -0.1) is 0 Å². The van der Waals surface area contributed by atoms with Crippen LogP contribution in [0.3, 0.4) is 0 Å². The van der Waals surface area contributed by atoms with E-state index in [-0.39, 0.29) is 19.0 Å². The molecule has 0 saturated heterocycles. The Morgan fingerprint density at radius 1 is 1.56 bits per heavy atom. The van der Waals surface area contributed by atoms with Crippen molar-refractivity contribution >= 4 is 5.91 Å². The number of benzene rings is 1. The highest BCUT2D eigenvalue weighted by Crippen LogP contribution is 2.19. The number of nitrogens with one attached hydrogen (secondary N) is 2. The van der Waals surface area contributed by atoms with Crippen molar-refractivity contribution in [2.24, 2.45) is 0 Å². The van der Waals surface area contributed by atoms with Crippen LogP contribution in [0.15, 0.2) is 18.2 Å². The molecule has 0 atom stereocenters. The number of nitriles is 1. The van der Waals surface area contributed by atoms with Crippen LogP contribution in [0.1, 0.15) is 5.56 Å². The molecule has 1 amide bonds. The lowest BCUT2D eigenvalue weighted by molar-refractivity contribution is -0.122. The number of halogens is 1. The standard InChI is InChI=1S/C12H14FN3O2/c1-15-7-9-6-10(13)2-3-11(9)18-8-12(17)16-5-4-14/h2-3,6,15H,5,7-8H2,1H3,(H,16,17). The molecule has 6 heteroatoms.